The van der Waals surface area contributed by atoms with E-state index in [1.54, 1.807) is 0 Å². The van der Waals surface area contributed by atoms with Gasteiger partial charge in [0.1, 0.15) is 0 Å². The quantitative estimate of drug-likeness (QED) is 0.339. The number of halogens is 1. The van der Waals surface area contributed by atoms with Gasteiger partial charge in [-0.05, 0) is 24.2 Å². The molecule has 0 spiro atoms. The molecule has 13 heavy (non-hydrogen) atoms. The lowest BCUT2D eigenvalue weighted by Gasteiger charge is -2.18. The van der Waals surface area contributed by atoms with Crippen molar-refractivity contribution in [2.45, 2.75) is 26.2 Å². The van der Waals surface area contributed by atoms with Crippen molar-refractivity contribution < 1.29 is 19.8 Å². The highest BCUT2D eigenvalue weighted by atomic mass is 127. The van der Waals surface area contributed by atoms with E-state index in [-0.39, 0.29) is 6.42 Å². The normalized spacial score (nSPS) is 11.2. The van der Waals surface area contributed by atoms with Crippen molar-refractivity contribution >= 4 is 34.5 Å². The third-order valence-electron chi connectivity index (χ3n) is 2.00. The zero-order valence-corrected chi connectivity index (χ0v) is 9.57. The maximum Gasteiger partial charge on any atom is 0.320 e. The van der Waals surface area contributed by atoms with Crippen molar-refractivity contribution in [3.05, 3.63) is 0 Å². The van der Waals surface area contributed by atoms with Crippen LogP contribution in [0.5, 0.6) is 0 Å². The van der Waals surface area contributed by atoms with Crippen molar-refractivity contribution in [2.75, 3.05) is 4.43 Å². The molecule has 0 radical (unpaired) electrons. The van der Waals surface area contributed by atoms with Gasteiger partial charge in [0, 0.05) is 0 Å². The summed E-state index contributed by atoms with van der Waals surface area (Å²) in [6.07, 6.45) is 1.69. The van der Waals surface area contributed by atoms with Crippen LogP contribution in [0.2, 0.25) is 0 Å². The van der Waals surface area contributed by atoms with E-state index in [1.807, 2.05) is 0 Å². The first kappa shape index (κ1) is 12.7. The molecule has 0 atom stereocenters. The largest absolute Gasteiger partial charge is 0.480 e. The third-order valence-corrected chi connectivity index (χ3v) is 2.77. The van der Waals surface area contributed by atoms with E-state index in [2.05, 4.69) is 22.6 Å². The molecular weight excluding hydrogens is 287 g/mol. The predicted octanol–water partition coefficient (Wildman–Crippen LogP) is 1.77. The lowest BCUT2D eigenvalue weighted by atomic mass is 9.85. The topological polar surface area (TPSA) is 74.6 Å². The molecule has 0 aliphatic heterocycles. The molecule has 0 amide bonds. The highest BCUT2D eigenvalue weighted by Gasteiger charge is 2.40. The van der Waals surface area contributed by atoms with Gasteiger partial charge >= 0.3 is 11.9 Å². The number of unbranched alkanes of at least 4 members (excludes halogenated alkanes) is 1. The molecule has 0 bridgehead atoms. The van der Waals surface area contributed by atoms with Crippen LogP contribution in [0.4, 0.5) is 0 Å². The summed E-state index contributed by atoms with van der Waals surface area (Å²) >= 11 is 2.18. The van der Waals surface area contributed by atoms with Crippen LogP contribution in [-0.4, -0.2) is 26.6 Å². The van der Waals surface area contributed by atoms with Crippen LogP contribution < -0.4 is 0 Å². The Balaban J connectivity index is 4.26. The molecule has 2 N–H and O–H groups in total. The minimum atomic E-state index is -1.62. The first-order valence-corrected chi connectivity index (χ1v) is 5.50. The zero-order chi connectivity index (χ0) is 10.5. The summed E-state index contributed by atoms with van der Waals surface area (Å²) in [6.45, 7) is 1.25. The lowest BCUT2D eigenvalue weighted by Crippen LogP contribution is -2.36. The molecule has 0 aliphatic carbocycles. The van der Waals surface area contributed by atoms with Crippen LogP contribution >= 0.6 is 22.6 Å². The van der Waals surface area contributed by atoms with Gasteiger partial charge in [-0.2, -0.15) is 0 Å². The second-order valence-electron chi connectivity index (χ2n) is 3.09. The average molecular weight is 300 g/mol. The molecule has 0 saturated carbocycles. The van der Waals surface area contributed by atoms with Crippen LogP contribution in [0, 0.1) is 5.41 Å². The Kier molecular flexibility index (Phi) is 5.27. The Bertz CT molecular complexity index is 188. The van der Waals surface area contributed by atoms with Gasteiger partial charge < -0.3 is 10.2 Å². The predicted molar refractivity (Wildman–Crippen MR) is 56.1 cm³/mol. The number of carboxylic acids is 2. The molecular formula is C8H13IO4. The van der Waals surface area contributed by atoms with Crippen LogP contribution in [0.25, 0.3) is 0 Å². The summed E-state index contributed by atoms with van der Waals surface area (Å²) < 4.78 is 0.924. The van der Waals surface area contributed by atoms with Gasteiger partial charge in [-0.1, -0.05) is 29.0 Å². The van der Waals surface area contributed by atoms with Crippen molar-refractivity contribution in [1.82, 2.24) is 0 Å². The van der Waals surface area contributed by atoms with E-state index in [0.717, 1.165) is 10.8 Å². The molecule has 0 unspecified atom stereocenters. The van der Waals surface area contributed by atoms with Crippen molar-refractivity contribution in [2.24, 2.45) is 5.41 Å². The van der Waals surface area contributed by atoms with Crippen LogP contribution in [-0.2, 0) is 9.59 Å². The Morgan fingerprint density at radius 1 is 1.23 bits per heavy atom. The number of aliphatic carboxylic acids is 2. The highest BCUT2D eigenvalue weighted by Crippen LogP contribution is 2.25. The van der Waals surface area contributed by atoms with Gasteiger partial charge in [-0.15, -0.1) is 0 Å². The van der Waals surface area contributed by atoms with Gasteiger partial charge in [0.25, 0.3) is 0 Å². The fraction of sp³-hybridized carbons (Fsp3) is 0.750. The second kappa shape index (κ2) is 5.41. The highest BCUT2D eigenvalue weighted by molar-refractivity contribution is 14.1. The van der Waals surface area contributed by atoms with Crippen molar-refractivity contribution in [3.63, 3.8) is 0 Å². The standard InChI is InChI=1S/C8H13IO4/c1-8(6(10)11,7(12)13)4-2-3-5-9/h2-5H2,1H3,(H,10,11)(H,12,13). The monoisotopic (exact) mass is 300 g/mol. The van der Waals surface area contributed by atoms with Crippen LogP contribution in [0.15, 0.2) is 0 Å². The van der Waals surface area contributed by atoms with E-state index >= 15 is 0 Å². The summed E-state index contributed by atoms with van der Waals surface area (Å²) in [6, 6.07) is 0. The Morgan fingerprint density at radius 3 is 2.00 bits per heavy atom. The molecule has 0 fully saturated rings. The second-order valence-corrected chi connectivity index (χ2v) is 4.17. The van der Waals surface area contributed by atoms with Gasteiger partial charge in [0.05, 0.1) is 0 Å². The number of alkyl halides is 1. The van der Waals surface area contributed by atoms with E-state index < -0.39 is 17.4 Å². The molecule has 5 heteroatoms. The molecule has 0 saturated heterocycles. The van der Waals surface area contributed by atoms with Gasteiger partial charge in [-0.3, -0.25) is 9.59 Å². The van der Waals surface area contributed by atoms with Crippen molar-refractivity contribution in [1.29, 1.82) is 0 Å². The summed E-state index contributed by atoms with van der Waals surface area (Å²) in [5.74, 6) is -2.51. The molecule has 0 aromatic carbocycles. The first-order valence-electron chi connectivity index (χ1n) is 3.98. The van der Waals surface area contributed by atoms with E-state index in [1.165, 1.54) is 6.92 Å². The summed E-state index contributed by atoms with van der Waals surface area (Å²) in [5.41, 5.74) is -1.62. The Morgan fingerprint density at radius 2 is 1.69 bits per heavy atom. The first-order chi connectivity index (χ1) is 5.95. The fourth-order valence-corrected chi connectivity index (χ4v) is 1.42. The number of rotatable bonds is 6. The molecule has 76 valence electrons. The summed E-state index contributed by atoms with van der Waals surface area (Å²) in [5, 5.41) is 17.4. The zero-order valence-electron chi connectivity index (χ0n) is 7.42. The molecule has 0 aromatic heterocycles. The number of carbonyl (C=O) groups is 2. The van der Waals surface area contributed by atoms with E-state index in [9.17, 15) is 9.59 Å². The smallest absolute Gasteiger partial charge is 0.320 e. The maximum absolute atomic E-state index is 10.7. The van der Waals surface area contributed by atoms with Gasteiger partial charge in [-0.25, -0.2) is 0 Å². The van der Waals surface area contributed by atoms with Gasteiger partial charge in [0.2, 0.25) is 0 Å². The van der Waals surface area contributed by atoms with Crippen LogP contribution in [0.1, 0.15) is 26.2 Å². The molecule has 0 heterocycles. The Labute approximate surface area is 90.5 Å². The Hall–Kier alpha value is -0.330. The molecule has 4 nitrogen and oxygen atoms in total. The SMILES string of the molecule is CC(CCCCI)(C(=O)O)C(=O)O. The van der Waals surface area contributed by atoms with Crippen molar-refractivity contribution in [3.8, 4) is 0 Å². The minimum absolute atomic E-state index is 0.195. The van der Waals surface area contributed by atoms with Gasteiger partial charge in [0.15, 0.2) is 5.41 Å². The van der Waals surface area contributed by atoms with Crippen LogP contribution in [0.3, 0.4) is 0 Å². The number of hydrogen-bond acceptors (Lipinski definition) is 2. The van der Waals surface area contributed by atoms with E-state index in [4.69, 9.17) is 10.2 Å². The average Bonchev–Trinajstić information content (AvgIpc) is 2.03. The minimum Gasteiger partial charge on any atom is -0.480 e. The maximum atomic E-state index is 10.7. The molecule has 0 aromatic rings. The van der Waals surface area contributed by atoms with E-state index in [0.29, 0.717) is 6.42 Å². The molecule has 0 aliphatic rings. The summed E-state index contributed by atoms with van der Waals surface area (Å²) in [4.78, 5) is 21.3. The lowest BCUT2D eigenvalue weighted by molar-refractivity contribution is -0.163. The number of carboxylic acid groups (broad SMARTS) is 2. The number of hydrogen-bond donors (Lipinski definition) is 2. The fourth-order valence-electron chi connectivity index (χ4n) is 0.878. The summed E-state index contributed by atoms with van der Waals surface area (Å²) in [7, 11) is 0. The third kappa shape index (κ3) is 3.50. The molecule has 0 rings (SSSR count).